The largest absolute Gasteiger partial charge is 0.393 e. The van der Waals surface area contributed by atoms with Crippen molar-refractivity contribution in [3.05, 3.63) is 20.8 Å². The van der Waals surface area contributed by atoms with E-state index in [1.165, 1.54) is 14.1 Å². The smallest absolute Gasteiger partial charge is 0.346 e. The quantitative estimate of drug-likeness (QED) is 0.709. The van der Waals surface area contributed by atoms with Gasteiger partial charge in [-0.2, -0.15) is 0 Å². The van der Waals surface area contributed by atoms with Gasteiger partial charge in [0.1, 0.15) is 0 Å². The topological polar surface area (TPSA) is 80.4 Å². The third kappa shape index (κ3) is 2.94. The van der Waals surface area contributed by atoms with Crippen molar-refractivity contribution in [3.63, 3.8) is 0 Å². The molecular formula is C10H18N4O3. The molecule has 0 spiro atoms. The first-order valence-corrected chi connectivity index (χ1v) is 5.38. The van der Waals surface area contributed by atoms with Gasteiger partial charge in [0.15, 0.2) is 0 Å². The number of hydrogen-bond acceptors (Lipinski definition) is 5. The molecule has 0 aliphatic carbocycles. The van der Waals surface area contributed by atoms with Crippen molar-refractivity contribution in [2.75, 3.05) is 18.5 Å². The van der Waals surface area contributed by atoms with Crippen LogP contribution in [0.2, 0.25) is 0 Å². The van der Waals surface area contributed by atoms with E-state index in [9.17, 15) is 14.7 Å². The fourth-order valence-electron chi connectivity index (χ4n) is 1.41. The second kappa shape index (κ2) is 5.13. The molecule has 1 rings (SSSR count). The van der Waals surface area contributed by atoms with Crippen LogP contribution in [0.25, 0.3) is 0 Å². The van der Waals surface area contributed by atoms with Crippen LogP contribution >= 0.6 is 0 Å². The predicted octanol–water partition coefficient (Wildman–Crippen LogP) is -1.31. The average Bonchev–Trinajstić information content (AvgIpc) is 2.28. The van der Waals surface area contributed by atoms with Crippen LogP contribution in [0, 0.1) is 0 Å². The molecule has 0 fully saturated rings. The van der Waals surface area contributed by atoms with Gasteiger partial charge in [-0.25, -0.2) is 9.48 Å². The van der Waals surface area contributed by atoms with Crippen molar-refractivity contribution >= 4 is 5.82 Å². The molecule has 7 heteroatoms. The van der Waals surface area contributed by atoms with Gasteiger partial charge < -0.3 is 10.0 Å². The van der Waals surface area contributed by atoms with Gasteiger partial charge in [0.05, 0.1) is 6.10 Å². The number of aliphatic hydroxyl groups excluding tert-OH is 1. The zero-order valence-electron chi connectivity index (χ0n) is 10.5. The number of hydrogen-bond donors (Lipinski definition) is 1. The molecule has 96 valence electrons. The van der Waals surface area contributed by atoms with Gasteiger partial charge in [0, 0.05) is 27.7 Å². The molecule has 0 aliphatic heterocycles. The fourth-order valence-corrected chi connectivity index (χ4v) is 1.41. The van der Waals surface area contributed by atoms with Gasteiger partial charge in [0.25, 0.3) is 5.56 Å². The summed E-state index contributed by atoms with van der Waals surface area (Å²) in [4.78, 5) is 24.9. The molecule has 1 heterocycles. The molecule has 0 bridgehead atoms. The number of aryl methyl sites for hydroxylation is 1. The van der Waals surface area contributed by atoms with Crippen LogP contribution in [0.4, 0.5) is 5.82 Å². The molecule has 0 amide bonds. The second-order valence-corrected chi connectivity index (χ2v) is 4.15. The van der Waals surface area contributed by atoms with Crippen molar-refractivity contribution in [2.45, 2.75) is 19.4 Å². The van der Waals surface area contributed by atoms with Gasteiger partial charge in [-0.05, 0) is 13.3 Å². The van der Waals surface area contributed by atoms with Crippen molar-refractivity contribution in [3.8, 4) is 0 Å². The van der Waals surface area contributed by atoms with E-state index in [0.717, 1.165) is 9.25 Å². The third-order valence-electron chi connectivity index (χ3n) is 2.55. The maximum atomic E-state index is 11.8. The molecule has 1 aromatic heterocycles. The van der Waals surface area contributed by atoms with Crippen molar-refractivity contribution in [1.29, 1.82) is 0 Å². The Balaban J connectivity index is 3.07. The van der Waals surface area contributed by atoms with Crippen molar-refractivity contribution in [2.24, 2.45) is 14.1 Å². The lowest BCUT2D eigenvalue weighted by Gasteiger charge is -2.18. The summed E-state index contributed by atoms with van der Waals surface area (Å²) in [5.74, 6) is 0.204. The molecule has 17 heavy (non-hydrogen) atoms. The molecule has 0 saturated heterocycles. The first-order chi connectivity index (χ1) is 7.84. The Kier molecular flexibility index (Phi) is 4.06. The van der Waals surface area contributed by atoms with Gasteiger partial charge >= 0.3 is 5.69 Å². The van der Waals surface area contributed by atoms with Crippen molar-refractivity contribution < 1.29 is 5.11 Å². The minimum absolute atomic E-state index is 0.204. The molecule has 1 aromatic rings. The SMILES string of the molecule is CC(O)CCN(C)c1nn(C)c(=O)n(C)c1=O. The Morgan fingerprint density at radius 2 is 2.00 bits per heavy atom. The lowest BCUT2D eigenvalue weighted by atomic mass is 10.3. The Labute approximate surface area is 98.9 Å². The fraction of sp³-hybridized carbons (Fsp3) is 0.700. The number of aliphatic hydroxyl groups is 1. The van der Waals surface area contributed by atoms with E-state index in [0.29, 0.717) is 13.0 Å². The predicted molar refractivity (Wildman–Crippen MR) is 64.3 cm³/mol. The van der Waals surface area contributed by atoms with Crippen LogP contribution in [0.3, 0.4) is 0 Å². The molecular weight excluding hydrogens is 224 g/mol. The van der Waals surface area contributed by atoms with Crippen LogP contribution in [0.15, 0.2) is 9.59 Å². The highest BCUT2D eigenvalue weighted by atomic mass is 16.3. The van der Waals surface area contributed by atoms with E-state index in [1.54, 1.807) is 18.9 Å². The Bertz CT molecular complexity index is 503. The highest BCUT2D eigenvalue weighted by Crippen LogP contribution is 2.01. The molecule has 0 saturated carbocycles. The van der Waals surface area contributed by atoms with Gasteiger partial charge in [0.2, 0.25) is 5.82 Å². The summed E-state index contributed by atoms with van der Waals surface area (Å²) < 4.78 is 2.14. The Morgan fingerprint density at radius 1 is 1.41 bits per heavy atom. The zero-order chi connectivity index (χ0) is 13.2. The monoisotopic (exact) mass is 242 g/mol. The molecule has 0 aliphatic rings. The number of aromatic nitrogens is 3. The number of rotatable bonds is 4. The van der Waals surface area contributed by atoms with Crippen LogP contribution in [0.5, 0.6) is 0 Å². The molecule has 1 atom stereocenters. The van der Waals surface area contributed by atoms with E-state index in [1.807, 2.05) is 0 Å². The Morgan fingerprint density at radius 3 is 2.53 bits per heavy atom. The first-order valence-electron chi connectivity index (χ1n) is 5.38. The summed E-state index contributed by atoms with van der Waals surface area (Å²) in [5, 5.41) is 13.1. The summed E-state index contributed by atoms with van der Waals surface area (Å²) in [6.07, 6.45) is 0.0957. The third-order valence-corrected chi connectivity index (χ3v) is 2.55. The number of anilines is 1. The summed E-state index contributed by atoms with van der Waals surface area (Å²) >= 11 is 0. The standard InChI is InChI=1S/C10H18N4O3/c1-7(15)5-6-12(2)8-9(16)13(3)10(17)14(4)11-8/h7,15H,5-6H2,1-4H3. The molecule has 7 nitrogen and oxygen atoms in total. The Hall–Kier alpha value is -1.63. The summed E-state index contributed by atoms with van der Waals surface area (Å²) in [6, 6.07) is 0. The lowest BCUT2D eigenvalue weighted by molar-refractivity contribution is 0.186. The summed E-state index contributed by atoms with van der Waals surface area (Å²) in [7, 11) is 4.61. The van der Waals surface area contributed by atoms with E-state index >= 15 is 0 Å². The molecule has 0 radical (unpaired) electrons. The first kappa shape index (κ1) is 13.4. The summed E-state index contributed by atoms with van der Waals surface area (Å²) in [5.41, 5.74) is -0.885. The summed E-state index contributed by atoms with van der Waals surface area (Å²) in [6.45, 7) is 2.18. The normalized spacial score (nSPS) is 12.5. The average molecular weight is 242 g/mol. The van der Waals surface area contributed by atoms with Crippen LogP contribution < -0.4 is 16.1 Å². The maximum Gasteiger partial charge on any atom is 0.346 e. The molecule has 1 N–H and O–H groups in total. The van der Waals surface area contributed by atoms with E-state index < -0.39 is 17.4 Å². The van der Waals surface area contributed by atoms with Crippen molar-refractivity contribution in [1.82, 2.24) is 14.3 Å². The zero-order valence-corrected chi connectivity index (χ0v) is 10.5. The van der Waals surface area contributed by atoms with Crippen LogP contribution in [0.1, 0.15) is 13.3 Å². The minimum Gasteiger partial charge on any atom is -0.393 e. The highest BCUT2D eigenvalue weighted by molar-refractivity contribution is 5.32. The number of nitrogens with zero attached hydrogens (tertiary/aromatic N) is 4. The van der Waals surface area contributed by atoms with Crippen LogP contribution in [-0.4, -0.2) is 39.2 Å². The second-order valence-electron chi connectivity index (χ2n) is 4.15. The molecule has 1 unspecified atom stereocenters. The van der Waals surface area contributed by atoms with E-state index in [2.05, 4.69) is 5.10 Å². The minimum atomic E-state index is -0.456. The maximum absolute atomic E-state index is 11.8. The molecule has 0 aromatic carbocycles. The van der Waals surface area contributed by atoms with E-state index in [-0.39, 0.29) is 5.82 Å². The van der Waals surface area contributed by atoms with Crippen LogP contribution in [-0.2, 0) is 14.1 Å². The highest BCUT2D eigenvalue weighted by Gasteiger charge is 2.13. The van der Waals surface area contributed by atoms with E-state index in [4.69, 9.17) is 0 Å². The van der Waals surface area contributed by atoms with Gasteiger partial charge in [-0.1, -0.05) is 0 Å². The van der Waals surface area contributed by atoms with Gasteiger partial charge in [-0.3, -0.25) is 9.36 Å². The van der Waals surface area contributed by atoms with Gasteiger partial charge in [-0.15, -0.1) is 5.10 Å². The lowest BCUT2D eigenvalue weighted by Crippen LogP contribution is -2.42.